The van der Waals surface area contributed by atoms with E-state index in [-0.39, 0.29) is 11.9 Å². The van der Waals surface area contributed by atoms with Gasteiger partial charge in [-0.2, -0.15) is 0 Å². The molecule has 2 aliphatic rings. The van der Waals surface area contributed by atoms with Gasteiger partial charge in [0.25, 0.3) is 0 Å². The minimum absolute atomic E-state index is 0.197. The fourth-order valence-corrected chi connectivity index (χ4v) is 2.21. The molecule has 16 heavy (non-hydrogen) atoms. The molecule has 0 unspecified atom stereocenters. The maximum atomic E-state index is 12.2. The first-order valence-electron chi connectivity index (χ1n) is 6.64. The average molecular weight is 224 g/mol. The summed E-state index contributed by atoms with van der Waals surface area (Å²) >= 11 is 0. The summed E-state index contributed by atoms with van der Waals surface area (Å²) in [5.41, 5.74) is 5.99. The summed E-state index contributed by atoms with van der Waals surface area (Å²) in [5.74, 6) is 1.47. The van der Waals surface area contributed by atoms with E-state index in [0.29, 0.717) is 12.0 Å². The zero-order valence-electron chi connectivity index (χ0n) is 10.5. The van der Waals surface area contributed by atoms with Gasteiger partial charge in [0.1, 0.15) is 0 Å². The molecule has 0 aromatic heterocycles. The van der Waals surface area contributed by atoms with Crippen LogP contribution in [0.15, 0.2) is 0 Å². The summed E-state index contributed by atoms with van der Waals surface area (Å²) in [7, 11) is 0. The molecular weight excluding hydrogens is 200 g/mol. The van der Waals surface area contributed by atoms with Crippen LogP contribution in [-0.4, -0.2) is 29.4 Å². The van der Waals surface area contributed by atoms with Gasteiger partial charge in [-0.05, 0) is 43.9 Å². The smallest absolute Gasteiger partial charge is 0.239 e. The molecule has 3 heteroatoms. The number of hydrogen-bond acceptors (Lipinski definition) is 2. The summed E-state index contributed by atoms with van der Waals surface area (Å²) in [6.45, 7) is 5.21. The van der Waals surface area contributed by atoms with Gasteiger partial charge in [-0.3, -0.25) is 4.79 Å². The van der Waals surface area contributed by atoms with Gasteiger partial charge in [-0.1, -0.05) is 13.8 Å². The Morgan fingerprint density at radius 2 is 1.94 bits per heavy atom. The van der Waals surface area contributed by atoms with Crippen molar-refractivity contribution in [2.75, 3.05) is 6.54 Å². The highest BCUT2D eigenvalue weighted by Crippen LogP contribution is 2.35. The normalized spacial score (nSPS) is 22.2. The molecule has 2 rings (SSSR count). The second-order valence-corrected chi connectivity index (χ2v) is 5.90. The molecule has 92 valence electrons. The third-order valence-corrected chi connectivity index (χ3v) is 3.47. The summed E-state index contributed by atoms with van der Waals surface area (Å²) in [5, 5.41) is 0. The highest BCUT2D eigenvalue weighted by atomic mass is 16.2. The molecule has 1 amide bonds. The van der Waals surface area contributed by atoms with Gasteiger partial charge < -0.3 is 10.6 Å². The lowest BCUT2D eigenvalue weighted by Crippen LogP contribution is -2.46. The van der Waals surface area contributed by atoms with Crippen LogP contribution in [0.5, 0.6) is 0 Å². The van der Waals surface area contributed by atoms with Crippen LogP contribution in [0.4, 0.5) is 0 Å². The molecule has 1 atom stereocenters. The topological polar surface area (TPSA) is 46.3 Å². The molecule has 0 aromatic carbocycles. The monoisotopic (exact) mass is 224 g/mol. The molecule has 0 saturated heterocycles. The maximum absolute atomic E-state index is 12.2. The van der Waals surface area contributed by atoms with Crippen molar-refractivity contribution in [2.45, 2.75) is 58.0 Å². The van der Waals surface area contributed by atoms with Crippen molar-refractivity contribution in [3.63, 3.8) is 0 Å². The first-order chi connectivity index (χ1) is 7.58. The van der Waals surface area contributed by atoms with Gasteiger partial charge in [0.15, 0.2) is 0 Å². The Balaban J connectivity index is 1.87. The van der Waals surface area contributed by atoms with E-state index in [9.17, 15) is 4.79 Å². The lowest BCUT2D eigenvalue weighted by atomic mass is 10.0. The highest BCUT2D eigenvalue weighted by molar-refractivity contribution is 5.82. The number of amides is 1. The molecule has 3 nitrogen and oxygen atoms in total. The Labute approximate surface area is 98.4 Å². The van der Waals surface area contributed by atoms with Gasteiger partial charge in [-0.25, -0.2) is 0 Å². The molecule has 0 bridgehead atoms. The second-order valence-electron chi connectivity index (χ2n) is 5.90. The summed E-state index contributed by atoms with van der Waals surface area (Å²) in [6.07, 6.45) is 5.79. The molecule has 0 radical (unpaired) electrons. The zero-order chi connectivity index (χ0) is 11.7. The first-order valence-corrected chi connectivity index (χ1v) is 6.64. The standard InChI is InChI=1S/C13H24N2O/c1-9(2)7-12(14)13(16)15(11-5-6-11)8-10-3-4-10/h9-12H,3-8,14H2,1-2H3/t12-/m1/s1. The van der Waals surface area contributed by atoms with Gasteiger partial charge in [0.05, 0.1) is 6.04 Å². The predicted molar refractivity (Wildman–Crippen MR) is 64.9 cm³/mol. The first kappa shape index (κ1) is 11.9. The number of nitrogens with zero attached hydrogens (tertiary/aromatic N) is 1. The van der Waals surface area contributed by atoms with Crippen LogP contribution in [0.3, 0.4) is 0 Å². The molecule has 0 heterocycles. The number of nitrogens with two attached hydrogens (primary N) is 1. The van der Waals surface area contributed by atoms with Crippen LogP contribution in [0.25, 0.3) is 0 Å². The van der Waals surface area contributed by atoms with Crippen LogP contribution < -0.4 is 5.73 Å². The molecule has 2 saturated carbocycles. The van der Waals surface area contributed by atoms with Crippen LogP contribution in [0.2, 0.25) is 0 Å². The Morgan fingerprint density at radius 3 is 2.38 bits per heavy atom. The Bertz CT molecular complexity index is 257. The van der Waals surface area contributed by atoms with E-state index in [0.717, 1.165) is 18.9 Å². The molecular formula is C13H24N2O. The summed E-state index contributed by atoms with van der Waals surface area (Å²) in [4.78, 5) is 14.3. The summed E-state index contributed by atoms with van der Waals surface area (Å²) in [6, 6.07) is 0.241. The van der Waals surface area contributed by atoms with E-state index in [4.69, 9.17) is 5.73 Å². The van der Waals surface area contributed by atoms with Gasteiger partial charge >= 0.3 is 0 Å². The van der Waals surface area contributed by atoms with Gasteiger partial charge in [0, 0.05) is 12.6 Å². The molecule has 0 aliphatic heterocycles. The van der Waals surface area contributed by atoms with Crippen LogP contribution >= 0.6 is 0 Å². The van der Waals surface area contributed by atoms with E-state index in [2.05, 4.69) is 18.7 Å². The Kier molecular flexibility index (Phi) is 3.53. The molecule has 2 fully saturated rings. The molecule has 0 spiro atoms. The van der Waals surface area contributed by atoms with Crippen molar-refractivity contribution in [2.24, 2.45) is 17.6 Å². The third-order valence-electron chi connectivity index (χ3n) is 3.47. The number of hydrogen-bond donors (Lipinski definition) is 1. The Hall–Kier alpha value is -0.570. The number of carbonyl (C=O) groups is 1. The van der Waals surface area contributed by atoms with Crippen molar-refractivity contribution in [1.29, 1.82) is 0 Å². The molecule has 0 aromatic rings. The van der Waals surface area contributed by atoms with E-state index in [1.54, 1.807) is 0 Å². The van der Waals surface area contributed by atoms with Gasteiger partial charge in [-0.15, -0.1) is 0 Å². The molecule has 2 aliphatic carbocycles. The lowest BCUT2D eigenvalue weighted by molar-refractivity contribution is -0.133. The van der Waals surface area contributed by atoms with E-state index < -0.39 is 0 Å². The van der Waals surface area contributed by atoms with Crippen LogP contribution in [-0.2, 0) is 4.79 Å². The molecule has 2 N–H and O–H groups in total. The maximum Gasteiger partial charge on any atom is 0.239 e. The summed E-state index contributed by atoms with van der Waals surface area (Å²) < 4.78 is 0. The van der Waals surface area contributed by atoms with E-state index >= 15 is 0 Å². The van der Waals surface area contributed by atoms with Crippen LogP contribution in [0.1, 0.15) is 46.0 Å². The van der Waals surface area contributed by atoms with Crippen molar-refractivity contribution in [3.8, 4) is 0 Å². The minimum atomic E-state index is -0.278. The zero-order valence-corrected chi connectivity index (χ0v) is 10.5. The number of rotatable bonds is 6. The SMILES string of the molecule is CC(C)C[C@@H](N)C(=O)N(CC1CC1)C1CC1. The van der Waals surface area contributed by atoms with Crippen molar-refractivity contribution < 1.29 is 4.79 Å². The third kappa shape index (κ3) is 3.21. The minimum Gasteiger partial charge on any atom is -0.338 e. The second kappa shape index (κ2) is 4.74. The Morgan fingerprint density at radius 1 is 1.31 bits per heavy atom. The predicted octanol–water partition coefficient (Wildman–Crippen LogP) is 1.76. The fraction of sp³-hybridized carbons (Fsp3) is 0.923. The van der Waals surface area contributed by atoms with Crippen molar-refractivity contribution in [1.82, 2.24) is 4.90 Å². The van der Waals surface area contributed by atoms with E-state index in [1.807, 2.05) is 0 Å². The largest absolute Gasteiger partial charge is 0.338 e. The van der Waals surface area contributed by atoms with Crippen molar-refractivity contribution in [3.05, 3.63) is 0 Å². The quantitative estimate of drug-likeness (QED) is 0.747. The number of carbonyl (C=O) groups excluding carboxylic acids is 1. The fourth-order valence-electron chi connectivity index (χ4n) is 2.21. The van der Waals surface area contributed by atoms with Crippen molar-refractivity contribution >= 4 is 5.91 Å². The lowest BCUT2D eigenvalue weighted by Gasteiger charge is -2.26. The van der Waals surface area contributed by atoms with Gasteiger partial charge in [0.2, 0.25) is 5.91 Å². The highest BCUT2D eigenvalue weighted by Gasteiger charge is 2.38. The van der Waals surface area contributed by atoms with Crippen LogP contribution in [0, 0.1) is 11.8 Å². The average Bonchev–Trinajstić information content (AvgIpc) is 3.03. The van der Waals surface area contributed by atoms with E-state index in [1.165, 1.54) is 25.7 Å².